The van der Waals surface area contributed by atoms with Gasteiger partial charge in [0.15, 0.2) is 0 Å². The summed E-state index contributed by atoms with van der Waals surface area (Å²) in [7, 11) is 0. The van der Waals surface area contributed by atoms with Crippen LogP contribution in [-0.4, -0.2) is 12.3 Å². The van der Waals surface area contributed by atoms with Crippen LogP contribution in [0.2, 0.25) is 0 Å². The highest BCUT2D eigenvalue weighted by Crippen LogP contribution is 2.52. The van der Waals surface area contributed by atoms with E-state index in [1.54, 1.807) is 0 Å². The molecule has 0 spiro atoms. The van der Waals surface area contributed by atoms with Crippen LogP contribution in [0.1, 0.15) is 19.4 Å². The van der Waals surface area contributed by atoms with Gasteiger partial charge >= 0.3 is 0 Å². The molecular formula is C39H30N2. The van der Waals surface area contributed by atoms with E-state index in [2.05, 4.69) is 152 Å². The predicted octanol–water partition coefficient (Wildman–Crippen LogP) is 9.56. The molecule has 0 radical (unpaired) electrons. The Morgan fingerprint density at radius 3 is 2.05 bits per heavy atom. The summed E-state index contributed by atoms with van der Waals surface area (Å²) >= 11 is 0. The maximum atomic E-state index is 5.00. The van der Waals surface area contributed by atoms with Gasteiger partial charge in [-0.15, -0.1) is 0 Å². The highest BCUT2D eigenvalue weighted by Gasteiger charge is 2.39. The lowest BCUT2D eigenvalue weighted by Gasteiger charge is -2.40. The average Bonchev–Trinajstić information content (AvgIpc) is 3.03. The van der Waals surface area contributed by atoms with Gasteiger partial charge in [-0.25, -0.2) is 0 Å². The summed E-state index contributed by atoms with van der Waals surface area (Å²) in [6.45, 7) is 4.39. The molecule has 0 aromatic heterocycles. The topological polar surface area (TPSA) is 15.6 Å². The molecule has 2 heteroatoms. The number of nitrogens with zero attached hydrogens (tertiary/aromatic N) is 2. The molecule has 196 valence electrons. The maximum Gasteiger partial charge on any atom is 0.101 e. The third-order valence-electron chi connectivity index (χ3n) is 9.01. The fourth-order valence-electron chi connectivity index (χ4n) is 6.83. The summed E-state index contributed by atoms with van der Waals surface area (Å²) in [5, 5.41) is 0. The van der Waals surface area contributed by atoms with E-state index in [0.717, 1.165) is 17.1 Å². The first kappa shape index (κ1) is 23.9. The van der Waals surface area contributed by atoms with E-state index in [1.165, 1.54) is 55.7 Å². The van der Waals surface area contributed by atoms with Gasteiger partial charge in [-0.05, 0) is 112 Å². The van der Waals surface area contributed by atoms with Crippen molar-refractivity contribution in [2.75, 3.05) is 4.90 Å². The smallest absolute Gasteiger partial charge is 0.101 e. The third kappa shape index (κ3) is 3.75. The number of hydrogen-bond acceptors (Lipinski definition) is 2. The van der Waals surface area contributed by atoms with Gasteiger partial charge in [0.05, 0.1) is 0 Å². The van der Waals surface area contributed by atoms with Gasteiger partial charge < -0.3 is 4.90 Å². The van der Waals surface area contributed by atoms with Gasteiger partial charge in [-0.3, -0.25) is 4.99 Å². The summed E-state index contributed by atoms with van der Waals surface area (Å²) in [5.74, 6) is 0.250. The van der Waals surface area contributed by atoms with Crippen molar-refractivity contribution in [1.82, 2.24) is 0 Å². The molecule has 8 rings (SSSR count). The van der Waals surface area contributed by atoms with E-state index in [0.29, 0.717) is 0 Å². The lowest BCUT2D eigenvalue weighted by atomic mass is 9.64. The number of allylic oxidation sites excluding steroid dienone is 12. The molecule has 1 heterocycles. The van der Waals surface area contributed by atoms with Gasteiger partial charge in [0.2, 0.25) is 0 Å². The molecule has 0 amide bonds. The molecule has 2 atom stereocenters. The van der Waals surface area contributed by atoms with Crippen molar-refractivity contribution in [2.24, 2.45) is 10.9 Å². The third-order valence-corrected chi connectivity index (χ3v) is 9.01. The van der Waals surface area contributed by atoms with Crippen molar-refractivity contribution < 1.29 is 0 Å². The fraction of sp³-hybridized carbons (Fsp3) is 0.103. The van der Waals surface area contributed by atoms with E-state index in [-0.39, 0.29) is 12.0 Å². The van der Waals surface area contributed by atoms with Crippen LogP contribution < -0.4 is 4.90 Å². The summed E-state index contributed by atoms with van der Waals surface area (Å²) in [6, 6.07) is 30.3. The van der Waals surface area contributed by atoms with Crippen LogP contribution in [0.4, 0.5) is 17.1 Å². The maximum absolute atomic E-state index is 5.00. The van der Waals surface area contributed by atoms with Crippen molar-refractivity contribution in [3.63, 3.8) is 0 Å². The minimum Gasteiger partial charge on any atom is -0.311 e. The lowest BCUT2D eigenvalue weighted by Crippen LogP contribution is -2.30. The van der Waals surface area contributed by atoms with Gasteiger partial charge in [-0.2, -0.15) is 0 Å². The first-order valence-corrected chi connectivity index (χ1v) is 14.4. The first-order valence-electron chi connectivity index (χ1n) is 14.4. The second-order valence-electron chi connectivity index (χ2n) is 11.3. The standard InChI is InChI=1S/C39H30N2/c1-25-24-40-39-35-22-16-28-15-20-33(34-21-17-29(38(35)37(28)34)23-36(39)26(25)2)27-13-18-32(19-14-27)41(30-9-5-3-6-10-30)31-11-7-4-8-12-31/h3-24,37,39H,1-2H3. The number of benzene rings is 3. The highest BCUT2D eigenvalue weighted by molar-refractivity contribution is 5.89. The van der Waals surface area contributed by atoms with Crippen LogP contribution in [0.25, 0.3) is 5.57 Å². The molecule has 5 aliphatic rings. The number of anilines is 3. The average molecular weight is 527 g/mol. The molecule has 2 nitrogen and oxygen atoms in total. The predicted molar refractivity (Wildman–Crippen MR) is 172 cm³/mol. The second-order valence-corrected chi connectivity index (χ2v) is 11.3. The minimum atomic E-state index is 0.0959. The molecule has 41 heavy (non-hydrogen) atoms. The second kappa shape index (κ2) is 9.31. The van der Waals surface area contributed by atoms with Crippen LogP contribution in [0, 0.1) is 5.92 Å². The van der Waals surface area contributed by atoms with E-state index in [1.807, 2.05) is 0 Å². The van der Waals surface area contributed by atoms with Crippen molar-refractivity contribution in [3.8, 4) is 0 Å². The number of para-hydroxylation sites is 2. The van der Waals surface area contributed by atoms with Gasteiger partial charge in [0.25, 0.3) is 0 Å². The Balaban J connectivity index is 1.20. The monoisotopic (exact) mass is 526 g/mol. The molecule has 4 aliphatic carbocycles. The van der Waals surface area contributed by atoms with E-state index in [9.17, 15) is 0 Å². The zero-order valence-corrected chi connectivity index (χ0v) is 23.3. The Bertz CT molecular complexity index is 1830. The molecule has 2 unspecified atom stereocenters. The van der Waals surface area contributed by atoms with Gasteiger partial charge in [0, 0.05) is 29.2 Å². The quantitative estimate of drug-likeness (QED) is 0.330. The van der Waals surface area contributed by atoms with Crippen LogP contribution in [0.5, 0.6) is 0 Å². The SMILES string of the molecule is CC1=C(C)C2=CC3=C4C(=CC=C5C=CC(c6ccc(N(c7ccccc7)c7ccccc7)cc6)=C(C=C3)C54)C2N=C1. The zero-order chi connectivity index (χ0) is 27.5. The van der Waals surface area contributed by atoms with E-state index < -0.39 is 0 Å². The first-order chi connectivity index (χ1) is 20.2. The molecule has 3 aromatic carbocycles. The van der Waals surface area contributed by atoms with Crippen LogP contribution >= 0.6 is 0 Å². The van der Waals surface area contributed by atoms with Crippen LogP contribution in [-0.2, 0) is 0 Å². The Kier molecular flexibility index (Phi) is 5.43. The molecule has 3 aromatic rings. The molecule has 0 N–H and O–H groups in total. The summed E-state index contributed by atoms with van der Waals surface area (Å²) < 4.78 is 0. The molecule has 0 saturated heterocycles. The fourth-order valence-corrected chi connectivity index (χ4v) is 6.83. The number of rotatable bonds is 4. The van der Waals surface area contributed by atoms with Gasteiger partial charge in [-0.1, -0.05) is 85.0 Å². The summed E-state index contributed by atoms with van der Waals surface area (Å²) in [6.07, 6.45) is 18.3. The number of aliphatic imine (C=N–C) groups is 1. The Labute approximate surface area is 241 Å². The molecule has 0 fully saturated rings. The number of hydrogen-bond donors (Lipinski definition) is 0. The Morgan fingerprint density at radius 1 is 0.659 bits per heavy atom. The van der Waals surface area contributed by atoms with Crippen LogP contribution in [0.3, 0.4) is 0 Å². The number of dihydropyridines is 1. The Hall–Kier alpha value is -4.95. The highest BCUT2D eigenvalue weighted by atomic mass is 15.1. The largest absolute Gasteiger partial charge is 0.311 e. The summed E-state index contributed by atoms with van der Waals surface area (Å²) in [4.78, 5) is 7.31. The van der Waals surface area contributed by atoms with E-state index in [4.69, 9.17) is 4.99 Å². The molecule has 0 saturated carbocycles. The van der Waals surface area contributed by atoms with Gasteiger partial charge in [0.1, 0.15) is 6.04 Å². The summed E-state index contributed by atoms with van der Waals surface area (Å²) in [5.41, 5.74) is 16.8. The van der Waals surface area contributed by atoms with Crippen molar-refractivity contribution in [1.29, 1.82) is 0 Å². The Morgan fingerprint density at radius 2 is 1.34 bits per heavy atom. The molecule has 0 bridgehead atoms. The normalized spacial score (nSPS) is 21.8. The molecule has 1 aliphatic heterocycles. The van der Waals surface area contributed by atoms with Crippen molar-refractivity contribution in [2.45, 2.75) is 19.9 Å². The lowest BCUT2D eigenvalue weighted by molar-refractivity contribution is 0.777. The van der Waals surface area contributed by atoms with Crippen molar-refractivity contribution >= 4 is 28.8 Å². The zero-order valence-electron chi connectivity index (χ0n) is 23.3. The van der Waals surface area contributed by atoms with E-state index >= 15 is 0 Å². The number of fused-ring (bicyclic) bond motifs is 2. The van der Waals surface area contributed by atoms with Crippen LogP contribution in [0.15, 0.2) is 177 Å². The minimum absolute atomic E-state index is 0.0959. The molecular weight excluding hydrogens is 496 g/mol. The van der Waals surface area contributed by atoms with Crippen molar-refractivity contribution in [3.05, 3.63) is 178 Å².